The van der Waals surface area contributed by atoms with Gasteiger partial charge in [-0.15, -0.1) is 0 Å². The number of aryl methyl sites for hydroxylation is 2. The van der Waals surface area contributed by atoms with Gasteiger partial charge < -0.3 is 14.2 Å². The fourth-order valence-electron chi connectivity index (χ4n) is 3.77. The Morgan fingerprint density at radius 3 is 2.75 bits per heavy atom. The number of amides is 1. The van der Waals surface area contributed by atoms with Gasteiger partial charge in [0.1, 0.15) is 0 Å². The van der Waals surface area contributed by atoms with Crippen LogP contribution in [0.15, 0.2) is 4.52 Å². The van der Waals surface area contributed by atoms with Gasteiger partial charge in [-0.2, -0.15) is 4.98 Å². The topological polar surface area (TPSA) is 71.7 Å². The van der Waals surface area contributed by atoms with E-state index in [1.54, 1.807) is 6.92 Å². The molecule has 3 rings (SSSR count). The van der Waals surface area contributed by atoms with E-state index in [9.17, 15) is 4.79 Å². The first-order valence-electron chi connectivity index (χ1n) is 9.06. The lowest BCUT2D eigenvalue weighted by atomic mass is 9.99. The molecule has 1 aromatic heterocycles. The molecule has 7 nitrogen and oxygen atoms in total. The van der Waals surface area contributed by atoms with Gasteiger partial charge in [-0.25, -0.2) is 0 Å². The fraction of sp³-hybridized carbons (Fsp3) is 0.824. The Morgan fingerprint density at radius 2 is 2.08 bits per heavy atom. The first kappa shape index (κ1) is 17.4. The smallest absolute Gasteiger partial charge is 0.226 e. The minimum atomic E-state index is 0.250. The molecule has 3 heterocycles. The molecule has 2 saturated heterocycles. The van der Waals surface area contributed by atoms with E-state index in [4.69, 9.17) is 9.26 Å². The zero-order chi connectivity index (χ0) is 16.9. The Bertz CT molecular complexity index is 542. The lowest BCUT2D eigenvalue weighted by Crippen LogP contribution is -2.47. The molecule has 1 amide bonds. The number of nitrogens with zero attached hydrogens (tertiary/aromatic N) is 4. The van der Waals surface area contributed by atoms with Crippen molar-refractivity contribution in [1.82, 2.24) is 19.9 Å². The van der Waals surface area contributed by atoms with Crippen molar-refractivity contribution in [3.8, 4) is 0 Å². The first-order valence-corrected chi connectivity index (χ1v) is 9.06. The highest BCUT2D eigenvalue weighted by Gasteiger charge is 2.37. The first-order chi connectivity index (χ1) is 11.7. The van der Waals surface area contributed by atoms with Crippen LogP contribution in [0.4, 0.5) is 0 Å². The summed E-state index contributed by atoms with van der Waals surface area (Å²) in [6, 6.07) is 0.487. The largest absolute Gasteiger partial charge is 0.379 e. The highest BCUT2D eigenvalue weighted by molar-refractivity contribution is 5.76. The van der Waals surface area contributed by atoms with Crippen LogP contribution in [-0.4, -0.2) is 71.3 Å². The van der Waals surface area contributed by atoms with Crippen molar-refractivity contribution in [2.45, 2.75) is 45.6 Å². The Labute approximate surface area is 143 Å². The maximum atomic E-state index is 12.5. The molecule has 2 aliphatic heterocycles. The van der Waals surface area contributed by atoms with E-state index in [2.05, 4.69) is 22.0 Å². The number of rotatable bonds is 6. The number of aromatic nitrogens is 2. The third-order valence-electron chi connectivity index (χ3n) is 5.15. The van der Waals surface area contributed by atoms with Crippen LogP contribution in [0, 0.1) is 12.8 Å². The highest BCUT2D eigenvalue weighted by Crippen LogP contribution is 2.26. The molecule has 0 radical (unpaired) electrons. The quantitative estimate of drug-likeness (QED) is 0.779. The van der Waals surface area contributed by atoms with Crippen LogP contribution in [0.5, 0.6) is 0 Å². The number of morpholine rings is 1. The Hall–Kier alpha value is -1.47. The van der Waals surface area contributed by atoms with Crippen LogP contribution >= 0.6 is 0 Å². The molecule has 0 spiro atoms. The van der Waals surface area contributed by atoms with Crippen LogP contribution in [0.3, 0.4) is 0 Å². The standard InChI is InChI=1S/C17H28N4O3/c1-3-14-11-21(12-15(14)20-7-9-23-10-8-20)17(22)6-4-5-16-18-13(2)19-24-16/h14-15H,3-12H2,1-2H3/t14-,15-/m1/s1. The van der Waals surface area contributed by atoms with Gasteiger partial charge in [0.25, 0.3) is 0 Å². The molecule has 0 unspecified atom stereocenters. The molecule has 0 N–H and O–H groups in total. The minimum Gasteiger partial charge on any atom is -0.379 e. The summed E-state index contributed by atoms with van der Waals surface area (Å²) in [4.78, 5) is 21.3. The van der Waals surface area contributed by atoms with Crippen molar-refractivity contribution in [3.63, 3.8) is 0 Å². The summed E-state index contributed by atoms with van der Waals surface area (Å²) >= 11 is 0. The van der Waals surface area contributed by atoms with E-state index in [0.717, 1.165) is 52.2 Å². The molecule has 24 heavy (non-hydrogen) atoms. The normalized spacial score (nSPS) is 25.3. The molecular weight excluding hydrogens is 308 g/mol. The zero-order valence-corrected chi connectivity index (χ0v) is 14.7. The molecule has 2 atom stereocenters. The number of hydrogen-bond acceptors (Lipinski definition) is 6. The molecule has 0 bridgehead atoms. The van der Waals surface area contributed by atoms with Gasteiger partial charge in [-0.05, 0) is 19.3 Å². The van der Waals surface area contributed by atoms with Crippen LogP contribution in [0.25, 0.3) is 0 Å². The molecule has 0 saturated carbocycles. The summed E-state index contributed by atoms with van der Waals surface area (Å²) < 4.78 is 10.6. The minimum absolute atomic E-state index is 0.250. The molecule has 2 fully saturated rings. The third-order valence-corrected chi connectivity index (χ3v) is 5.15. The van der Waals surface area contributed by atoms with E-state index in [1.807, 2.05) is 4.90 Å². The summed E-state index contributed by atoms with van der Waals surface area (Å²) in [5, 5.41) is 3.78. The third kappa shape index (κ3) is 4.13. The van der Waals surface area contributed by atoms with E-state index < -0.39 is 0 Å². The zero-order valence-electron chi connectivity index (χ0n) is 14.7. The molecule has 134 valence electrons. The van der Waals surface area contributed by atoms with Gasteiger partial charge in [0.05, 0.1) is 13.2 Å². The van der Waals surface area contributed by atoms with Gasteiger partial charge in [-0.3, -0.25) is 9.69 Å². The highest BCUT2D eigenvalue weighted by atomic mass is 16.5. The second kappa shape index (κ2) is 8.07. The van der Waals surface area contributed by atoms with Gasteiger partial charge in [-0.1, -0.05) is 18.5 Å². The summed E-state index contributed by atoms with van der Waals surface area (Å²) in [5.41, 5.74) is 0. The average molecular weight is 336 g/mol. The van der Waals surface area contributed by atoms with Crippen molar-refractivity contribution in [3.05, 3.63) is 11.7 Å². The second-order valence-corrected chi connectivity index (χ2v) is 6.77. The summed E-state index contributed by atoms with van der Waals surface area (Å²) in [6.07, 6.45) is 3.10. The lowest BCUT2D eigenvalue weighted by Gasteiger charge is -2.34. The van der Waals surface area contributed by atoms with Crippen LogP contribution in [0.2, 0.25) is 0 Å². The molecule has 2 aliphatic rings. The number of hydrogen-bond donors (Lipinski definition) is 0. The van der Waals surface area contributed by atoms with Crippen LogP contribution in [0.1, 0.15) is 37.9 Å². The van der Waals surface area contributed by atoms with Crippen LogP contribution in [-0.2, 0) is 16.0 Å². The lowest BCUT2D eigenvalue weighted by molar-refractivity contribution is -0.130. The number of carbonyl (C=O) groups excluding carboxylic acids is 1. The van der Waals surface area contributed by atoms with Crippen molar-refractivity contribution in [1.29, 1.82) is 0 Å². The predicted molar refractivity (Wildman–Crippen MR) is 88.5 cm³/mol. The molecule has 7 heteroatoms. The van der Waals surface area contributed by atoms with Gasteiger partial charge in [0, 0.05) is 45.1 Å². The SMILES string of the molecule is CC[C@@H]1CN(C(=O)CCCc2nc(C)no2)C[C@H]1N1CCOCC1. The Kier molecular flexibility index (Phi) is 5.84. The molecule has 1 aromatic rings. The van der Waals surface area contributed by atoms with E-state index >= 15 is 0 Å². The second-order valence-electron chi connectivity index (χ2n) is 6.77. The van der Waals surface area contributed by atoms with Crippen LogP contribution < -0.4 is 0 Å². The maximum Gasteiger partial charge on any atom is 0.226 e. The van der Waals surface area contributed by atoms with E-state index in [-0.39, 0.29) is 5.91 Å². The van der Waals surface area contributed by atoms with Crippen molar-refractivity contribution in [2.24, 2.45) is 5.92 Å². The van der Waals surface area contributed by atoms with Crippen molar-refractivity contribution in [2.75, 3.05) is 39.4 Å². The number of carbonyl (C=O) groups is 1. The predicted octanol–water partition coefficient (Wildman–Crippen LogP) is 1.27. The van der Waals surface area contributed by atoms with E-state index in [1.165, 1.54) is 0 Å². The van der Waals surface area contributed by atoms with Crippen molar-refractivity contribution >= 4 is 5.91 Å². The van der Waals surface area contributed by atoms with E-state index in [0.29, 0.717) is 36.5 Å². The van der Waals surface area contributed by atoms with Gasteiger partial charge >= 0.3 is 0 Å². The maximum absolute atomic E-state index is 12.5. The molecule has 0 aromatic carbocycles. The number of ether oxygens (including phenoxy) is 1. The summed E-state index contributed by atoms with van der Waals surface area (Å²) in [7, 11) is 0. The summed E-state index contributed by atoms with van der Waals surface area (Å²) in [6.45, 7) is 9.37. The average Bonchev–Trinajstić information content (AvgIpc) is 3.22. The summed E-state index contributed by atoms with van der Waals surface area (Å²) in [5.74, 6) is 2.10. The number of likely N-dealkylation sites (tertiary alicyclic amines) is 1. The fourth-order valence-corrected chi connectivity index (χ4v) is 3.77. The monoisotopic (exact) mass is 336 g/mol. The Morgan fingerprint density at radius 1 is 1.29 bits per heavy atom. The van der Waals surface area contributed by atoms with Crippen molar-refractivity contribution < 1.29 is 14.1 Å². The van der Waals surface area contributed by atoms with Gasteiger partial charge in [0.2, 0.25) is 11.8 Å². The van der Waals surface area contributed by atoms with Gasteiger partial charge in [0.15, 0.2) is 5.82 Å². The Balaban J connectivity index is 1.48. The molecular formula is C17H28N4O3. The molecule has 0 aliphatic carbocycles.